The van der Waals surface area contributed by atoms with Crippen molar-refractivity contribution in [1.29, 1.82) is 0 Å². The molecular weight excluding hydrogens is 427 g/mol. The number of likely N-dealkylation sites (N-methyl/N-ethyl adjacent to an activating group) is 2. The molecule has 0 saturated carbocycles. The van der Waals surface area contributed by atoms with Gasteiger partial charge in [-0.05, 0) is 57.5 Å². The average Bonchev–Trinajstić information content (AvgIpc) is 2.97. The van der Waals surface area contributed by atoms with Crippen LogP contribution in [-0.4, -0.2) is 73.3 Å². The van der Waals surface area contributed by atoms with E-state index in [-0.39, 0.29) is 30.6 Å². The highest BCUT2D eigenvalue weighted by molar-refractivity contribution is 14.0. The van der Waals surface area contributed by atoms with Gasteiger partial charge in [0.1, 0.15) is 0 Å². The van der Waals surface area contributed by atoms with Gasteiger partial charge in [-0.3, -0.25) is 9.89 Å². The van der Waals surface area contributed by atoms with Crippen molar-refractivity contribution in [2.75, 3.05) is 46.4 Å². The van der Waals surface area contributed by atoms with Crippen molar-refractivity contribution >= 4 is 29.9 Å². The second-order valence-corrected chi connectivity index (χ2v) is 7.51. The van der Waals surface area contributed by atoms with Crippen molar-refractivity contribution in [3.63, 3.8) is 0 Å². The van der Waals surface area contributed by atoms with Crippen LogP contribution in [0, 0.1) is 11.8 Å². The minimum absolute atomic E-state index is 0. The number of guanidine groups is 1. The first-order chi connectivity index (χ1) is 11.5. The number of nitrogens with one attached hydrogen (secondary N) is 1. The molecule has 0 spiro atoms. The molecule has 2 atom stereocenters. The summed E-state index contributed by atoms with van der Waals surface area (Å²) in [5.74, 6) is 2.12. The third-order valence-corrected chi connectivity index (χ3v) is 4.93. The molecule has 2 N–H and O–H groups in total. The average molecular weight is 468 g/mol. The zero-order valence-corrected chi connectivity index (χ0v) is 19.3. The first-order valence-corrected chi connectivity index (χ1v) is 9.86. The lowest BCUT2D eigenvalue weighted by molar-refractivity contribution is 0.231. The second-order valence-electron chi connectivity index (χ2n) is 7.51. The number of aliphatic imine (C=N–C) groups is 1. The molecule has 1 aliphatic rings. The highest BCUT2D eigenvalue weighted by atomic mass is 127. The topological polar surface area (TPSA) is 51.1 Å². The first-order valence-electron chi connectivity index (χ1n) is 9.86. The van der Waals surface area contributed by atoms with E-state index in [0.717, 1.165) is 45.0 Å². The van der Waals surface area contributed by atoms with E-state index in [0.29, 0.717) is 17.9 Å². The maximum Gasteiger partial charge on any atom is 0.193 e. The molecule has 1 fully saturated rings. The van der Waals surface area contributed by atoms with Crippen molar-refractivity contribution < 1.29 is 5.11 Å². The van der Waals surface area contributed by atoms with Crippen LogP contribution < -0.4 is 5.32 Å². The summed E-state index contributed by atoms with van der Waals surface area (Å²) >= 11 is 0. The van der Waals surface area contributed by atoms with E-state index < -0.39 is 0 Å². The molecule has 6 heteroatoms. The number of aliphatic hydroxyl groups is 1. The summed E-state index contributed by atoms with van der Waals surface area (Å²) in [6.07, 6.45) is 4.57. The molecule has 25 heavy (non-hydrogen) atoms. The SMILES string of the molecule is CCNC(=NCC(CCO)CC(C)C)N(C)CC1CCCN1CC.I. The van der Waals surface area contributed by atoms with Gasteiger partial charge in [0.2, 0.25) is 0 Å². The van der Waals surface area contributed by atoms with E-state index in [1.54, 1.807) is 0 Å². The molecule has 5 nitrogen and oxygen atoms in total. The summed E-state index contributed by atoms with van der Waals surface area (Å²) in [6.45, 7) is 14.2. The quantitative estimate of drug-likeness (QED) is 0.294. The van der Waals surface area contributed by atoms with Crippen molar-refractivity contribution in [3.8, 4) is 0 Å². The fourth-order valence-corrected chi connectivity index (χ4v) is 3.74. The Kier molecular flexibility index (Phi) is 14.0. The van der Waals surface area contributed by atoms with Crippen molar-refractivity contribution in [2.24, 2.45) is 16.8 Å². The van der Waals surface area contributed by atoms with Crippen LogP contribution in [0.1, 0.15) is 53.4 Å². The summed E-state index contributed by atoms with van der Waals surface area (Å²) in [5.41, 5.74) is 0. The molecule has 150 valence electrons. The maximum absolute atomic E-state index is 9.29. The lowest BCUT2D eigenvalue weighted by atomic mass is 9.94. The van der Waals surface area contributed by atoms with Gasteiger partial charge in [0.15, 0.2) is 5.96 Å². The van der Waals surface area contributed by atoms with Crippen LogP contribution >= 0.6 is 24.0 Å². The molecule has 1 rings (SSSR count). The van der Waals surface area contributed by atoms with Gasteiger partial charge in [-0.2, -0.15) is 0 Å². The summed E-state index contributed by atoms with van der Waals surface area (Å²) < 4.78 is 0. The molecule has 0 amide bonds. The van der Waals surface area contributed by atoms with E-state index in [1.807, 2.05) is 0 Å². The highest BCUT2D eigenvalue weighted by Gasteiger charge is 2.25. The Morgan fingerprint density at radius 1 is 1.36 bits per heavy atom. The van der Waals surface area contributed by atoms with Crippen molar-refractivity contribution in [3.05, 3.63) is 0 Å². The second kappa shape index (κ2) is 14.0. The number of hydrogen-bond donors (Lipinski definition) is 2. The van der Waals surface area contributed by atoms with Crippen LogP contribution in [-0.2, 0) is 0 Å². The number of nitrogens with zero attached hydrogens (tertiary/aromatic N) is 3. The third-order valence-electron chi connectivity index (χ3n) is 4.93. The van der Waals surface area contributed by atoms with Gasteiger partial charge >= 0.3 is 0 Å². The molecule has 2 unspecified atom stereocenters. The van der Waals surface area contributed by atoms with E-state index in [4.69, 9.17) is 4.99 Å². The molecule has 1 saturated heterocycles. The van der Waals surface area contributed by atoms with Gasteiger partial charge in [0.05, 0.1) is 0 Å². The minimum Gasteiger partial charge on any atom is -0.396 e. The van der Waals surface area contributed by atoms with Gasteiger partial charge in [-0.15, -0.1) is 24.0 Å². The zero-order valence-electron chi connectivity index (χ0n) is 17.0. The monoisotopic (exact) mass is 468 g/mol. The minimum atomic E-state index is 0. The number of rotatable bonds is 10. The predicted molar refractivity (Wildman–Crippen MR) is 119 cm³/mol. The number of hydrogen-bond acceptors (Lipinski definition) is 3. The molecule has 0 aromatic carbocycles. The zero-order chi connectivity index (χ0) is 17.9. The Morgan fingerprint density at radius 3 is 2.64 bits per heavy atom. The Morgan fingerprint density at radius 2 is 2.08 bits per heavy atom. The lowest BCUT2D eigenvalue weighted by Gasteiger charge is -2.30. The Hall–Kier alpha value is -0.0800. The van der Waals surface area contributed by atoms with Crippen molar-refractivity contribution in [1.82, 2.24) is 15.1 Å². The maximum atomic E-state index is 9.29. The largest absolute Gasteiger partial charge is 0.396 e. The highest BCUT2D eigenvalue weighted by Crippen LogP contribution is 2.18. The Bertz CT molecular complexity index is 365. The van der Waals surface area contributed by atoms with Gasteiger partial charge in [-0.25, -0.2) is 0 Å². The van der Waals surface area contributed by atoms with Crippen LogP contribution in [0.4, 0.5) is 0 Å². The van der Waals surface area contributed by atoms with E-state index in [1.165, 1.54) is 19.4 Å². The normalized spacial score (nSPS) is 19.8. The van der Waals surface area contributed by atoms with E-state index in [2.05, 4.69) is 49.9 Å². The smallest absolute Gasteiger partial charge is 0.193 e. The molecule has 0 aliphatic carbocycles. The van der Waals surface area contributed by atoms with Gasteiger partial charge < -0.3 is 15.3 Å². The van der Waals surface area contributed by atoms with E-state index >= 15 is 0 Å². The molecule has 0 aromatic rings. The molecular formula is C19H41IN4O. The van der Waals surface area contributed by atoms with Crippen LogP contribution in [0.2, 0.25) is 0 Å². The molecule has 0 radical (unpaired) electrons. The molecule has 0 aromatic heterocycles. The van der Waals surface area contributed by atoms with Crippen molar-refractivity contribution in [2.45, 2.75) is 59.4 Å². The summed E-state index contributed by atoms with van der Waals surface area (Å²) in [4.78, 5) is 9.74. The summed E-state index contributed by atoms with van der Waals surface area (Å²) in [7, 11) is 2.15. The fourth-order valence-electron chi connectivity index (χ4n) is 3.74. The Labute approximate surface area is 172 Å². The fraction of sp³-hybridized carbons (Fsp3) is 0.947. The first kappa shape index (κ1) is 24.9. The Balaban J connectivity index is 0.00000576. The molecule has 1 aliphatic heterocycles. The van der Waals surface area contributed by atoms with Gasteiger partial charge in [0.25, 0.3) is 0 Å². The third kappa shape index (κ3) is 9.43. The number of halogens is 1. The van der Waals surface area contributed by atoms with Gasteiger partial charge in [0, 0.05) is 39.3 Å². The number of likely N-dealkylation sites (tertiary alicyclic amines) is 1. The summed E-state index contributed by atoms with van der Waals surface area (Å²) in [6, 6.07) is 0.646. The number of aliphatic hydroxyl groups excluding tert-OH is 1. The van der Waals surface area contributed by atoms with Crippen LogP contribution in [0.3, 0.4) is 0 Å². The van der Waals surface area contributed by atoms with Gasteiger partial charge in [-0.1, -0.05) is 20.8 Å². The van der Waals surface area contributed by atoms with Crippen LogP contribution in [0.25, 0.3) is 0 Å². The van der Waals surface area contributed by atoms with E-state index in [9.17, 15) is 5.11 Å². The predicted octanol–water partition coefficient (Wildman–Crippen LogP) is 3.03. The lowest BCUT2D eigenvalue weighted by Crippen LogP contribution is -2.46. The van der Waals surface area contributed by atoms with Crippen LogP contribution in [0.5, 0.6) is 0 Å². The standard InChI is InChI=1S/C19H40N4O.HI/c1-6-20-19(21-14-17(10-12-24)13-16(3)4)22(5)15-18-9-8-11-23(18)7-2;/h16-18,24H,6-15H2,1-5H3,(H,20,21);1H. The molecule has 0 bridgehead atoms. The summed E-state index contributed by atoms with van der Waals surface area (Å²) in [5, 5.41) is 12.7. The van der Waals surface area contributed by atoms with Crippen LogP contribution in [0.15, 0.2) is 4.99 Å². The molecule has 1 heterocycles.